The van der Waals surface area contributed by atoms with Crippen molar-refractivity contribution in [1.82, 2.24) is 14.9 Å². The van der Waals surface area contributed by atoms with Crippen LogP contribution >= 0.6 is 0 Å². The predicted molar refractivity (Wildman–Crippen MR) is 65.5 cm³/mol. The molecule has 0 aliphatic rings. The monoisotopic (exact) mass is 261 g/mol. The molecule has 1 heterocycles. The molecule has 1 aromatic heterocycles. The molecule has 1 rings (SSSR count). The van der Waals surface area contributed by atoms with Crippen LogP contribution in [0, 0.1) is 0 Å². The fourth-order valence-electron chi connectivity index (χ4n) is 1.53. The van der Waals surface area contributed by atoms with E-state index in [1.54, 1.807) is 0 Å². The van der Waals surface area contributed by atoms with E-state index in [0.29, 0.717) is 12.4 Å². The lowest BCUT2D eigenvalue weighted by Gasteiger charge is -2.09. The molecule has 1 aromatic rings. The van der Waals surface area contributed by atoms with Crippen LogP contribution in [0.4, 0.5) is 8.78 Å². The molecule has 0 saturated heterocycles. The van der Waals surface area contributed by atoms with Crippen molar-refractivity contribution in [3.05, 3.63) is 18.2 Å². The molecule has 6 heteroatoms. The molecule has 0 aliphatic heterocycles. The molecular weight excluding hydrogens is 240 g/mol. The first-order valence-electron chi connectivity index (χ1n) is 6.23. The van der Waals surface area contributed by atoms with E-state index in [0.717, 1.165) is 30.6 Å². The molecule has 0 amide bonds. The van der Waals surface area contributed by atoms with E-state index in [2.05, 4.69) is 10.3 Å². The lowest BCUT2D eigenvalue weighted by atomic mass is 10.3. The van der Waals surface area contributed by atoms with Crippen LogP contribution in [0.3, 0.4) is 0 Å². The summed E-state index contributed by atoms with van der Waals surface area (Å²) < 4.78 is 31.3. The predicted octanol–water partition coefficient (Wildman–Crippen LogP) is 2.57. The summed E-state index contributed by atoms with van der Waals surface area (Å²) in [6.45, 7) is 3.36. The Hall–Kier alpha value is -1.01. The van der Waals surface area contributed by atoms with Crippen molar-refractivity contribution in [2.75, 3.05) is 13.2 Å². The van der Waals surface area contributed by atoms with Gasteiger partial charge in [0.25, 0.3) is 0 Å². The molecule has 0 aromatic carbocycles. The van der Waals surface area contributed by atoms with Gasteiger partial charge < -0.3 is 10.1 Å². The maximum Gasteiger partial charge on any atom is 0.319 e. The quantitative estimate of drug-likeness (QED) is 0.694. The number of nitrogens with one attached hydrogen (secondary N) is 1. The summed E-state index contributed by atoms with van der Waals surface area (Å²) in [6.07, 6.45) is 4.87. The summed E-state index contributed by atoms with van der Waals surface area (Å²) in [6, 6.07) is 0. The second-order valence-electron chi connectivity index (χ2n) is 4.33. The van der Waals surface area contributed by atoms with Crippen LogP contribution in [0.1, 0.15) is 39.1 Å². The third kappa shape index (κ3) is 5.55. The highest BCUT2D eigenvalue weighted by Crippen LogP contribution is 2.11. The fourth-order valence-corrected chi connectivity index (χ4v) is 1.53. The summed E-state index contributed by atoms with van der Waals surface area (Å²) in [7, 11) is 0. The topological polar surface area (TPSA) is 39.1 Å². The number of imidazole rings is 1. The van der Waals surface area contributed by atoms with E-state index in [1.807, 2.05) is 13.8 Å². The molecule has 0 atom stereocenters. The number of hydrogen-bond donors (Lipinski definition) is 1. The van der Waals surface area contributed by atoms with Gasteiger partial charge in [0.2, 0.25) is 0 Å². The maximum absolute atomic E-state index is 12.5. The van der Waals surface area contributed by atoms with Gasteiger partial charge in [0, 0.05) is 19.0 Å². The maximum atomic E-state index is 12.5. The Morgan fingerprint density at radius 2 is 2.17 bits per heavy atom. The second kappa shape index (κ2) is 8.16. The molecule has 1 N–H and O–H groups in total. The van der Waals surface area contributed by atoms with E-state index in [1.165, 1.54) is 12.4 Å². The van der Waals surface area contributed by atoms with E-state index in [4.69, 9.17) is 4.74 Å². The Bertz CT molecular complexity index is 329. The molecule has 0 radical (unpaired) electrons. The van der Waals surface area contributed by atoms with Gasteiger partial charge in [-0.1, -0.05) is 0 Å². The van der Waals surface area contributed by atoms with Crippen molar-refractivity contribution in [2.24, 2.45) is 0 Å². The van der Waals surface area contributed by atoms with Gasteiger partial charge in [0.1, 0.15) is 5.82 Å². The Labute approximate surface area is 106 Å². The summed E-state index contributed by atoms with van der Waals surface area (Å²) >= 11 is 0. The number of ether oxygens (including phenoxy) is 1. The van der Waals surface area contributed by atoms with Gasteiger partial charge in [-0.15, -0.1) is 0 Å². The van der Waals surface area contributed by atoms with Crippen LogP contribution in [-0.4, -0.2) is 28.8 Å². The highest BCUT2D eigenvalue weighted by atomic mass is 19.3. The number of nitrogens with zero attached hydrogens (tertiary/aromatic N) is 2. The minimum absolute atomic E-state index is 0.261. The summed E-state index contributed by atoms with van der Waals surface area (Å²) in [5, 5.41) is 3.10. The third-order valence-electron chi connectivity index (χ3n) is 2.44. The van der Waals surface area contributed by atoms with Gasteiger partial charge >= 0.3 is 6.55 Å². The molecule has 0 saturated carbocycles. The Morgan fingerprint density at radius 3 is 2.83 bits per heavy atom. The molecule has 4 nitrogen and oxygen atoms in total. The lowest BCUT2D eigenvalue weighted by molar-refractivity contribution is 0.0665. The van der Waals surface area contributed by atoms with Gasteiger partial charge in [-0.05, 0) is 33.2 Å². The average Bonchev–Trinajstić information content (AvgIpc) is 2.75. The third-order valence-corrected chi connectivity index (χ3v) is 2.44. The van der Waals surface area contributed by atoms with Crippen LogP contribution in [0.2, 0.25) is 0 Å². The number of aromatic nitrogens is 2. The Kier molecular flexibility index (Phi) is 6.82. The summed E-state index contributed by atoms with van der Waals surface area (Å²) in [5.41, 5.74) is 0. The molecule has 0 fully saturated rings. The molecular formula is C12H21F2N3O. The normalized spacial score (nSPS) is 11.7. The Morgan fingerprint density at radius 1 is 1.39 bits per heavy atom. The van der Waals surface area contributed by atoms with Gasteiger partial charge in [0.05, 0.1) is 12.6 Å². The zero-order valence-electron chi connectivity index (χ0n) is 10.9. The Balaban J connectivity index is 2.09. The van der Waals surface area contributed by atoms with Gasteiger partial charge in [-0.2, -0.15) is 8.78 Å². The highest BCUT2D eigenvalue weighted by Gasteiger charge is 2.10. The number of halogens is 2. The first kappa shape index (κ1) is 15.0. The van der Waals surface area contributed by atoms with Gasteiger partial charge in [0.15, 0.2) is 0 Å². The molecule has 104 valence electrons. The van der Waals surface area contributed by atoms with E-state index < -0.39 is 6.55 Å². The van der Waals surface area contributed by atoms with Crippen molar-refractivity contribution in [2.45, 2.75) is 45.9 Å². The zero-order valence-corrected chi connectivity index (χ0v) is 10.9. The standard InChI is InChI=1S/C12H21F2N3O/c1-10(2)18-8-4-3-5-15-9-11-16-6-7-17(11)12(13)14/h6-7,10,12,15H,3-5,8-9H2,1-2H3. The van der Waals surface area contributed by atoms with Crippen LogP contribution in [-0.2, 0) is 11.3 Å². The number of unbranched alkanes of at least 4 members (excludes halogenated alkanes) is 1. The first-order chi connectivity index (χ1) is 8.61. The van der Waals surface area contributed by atoms with Crippen molar-refractivity contribution >= 4 is 0 Å². The lowest BCUT2D eigenvalue weighted by Crippen LogP contribution is -2.19. The fraction of sp³-hybridized carbons (Fsp3) is 0.750. The minimum atomic E-state index is -2.52. The smallest absolute Gasteiger partial charge is 0.319 e. The molecule has 18 heavy (non-hydrogen) atoms. The van der Waals surface area contributed by atoms with Crippen molar-refractivity contribution in [3.8, 4) is 0 Å². The molecule has 0 spiro atoms. The largest absolute Gasteiger partial charge is 0.379 e. The van der Waals surface area contributed by atoms with Crippen LogP contribution in [0.5, 0.6) is 0 Å². The van der Waals surface area contributed by atoms with Crippen LogP contribution < -0.4 is 5.32 Å². The molecule has 0 unspecified atom stereocenters. The average molecular weight is 261 g/mol. The summed E-state index contributed by atoms with van der Waals surface area (Å²) in [4.78, 5) is 3.89. The van der Waals surface area contributed by atoms with Crippen molar-refractivity contribution in [3.63, 3.8) is 0 Å². The SMILES string of the molecule is CC(C)OCCCCNCc1nccn1C(F)F. The number of alkyl halides is 2. The highest BCUT2D eigenvalue weighted by molar-refractivity contribution is 4.92. The zero-order chi connectivity index (χ0) is 13.4. The summed E-state index contributed by atoms with van der Waals surface area (Å²) in [5.74, 6) is 0.364. The van der Waals surface area contributed by atoms with E-state index in [-0.39, 0.29) is 6.10 Å². The van der Waals surface area contributed by atoms with Crippen LogP contribution in [0.15, 0.2) is 12.4 Å². The first-order valence-corrected chi connectivity index (χ1v) is 6.23. The molecule has 0 aliphatic carbocycles. The van der Waals surface area contributed by atoms with Crippen molar-refractivity contribution < 1.29 is 13.5 Å². The number of hydrogen-bond acceptors (Lipinski definition) is 3. The molecule has 0 bridgehead atoms. The number of rotatable bonds is 9. The minimum Gasteiger partial charge on any atom is -0.379 e. The van der Waals surface area contributed by atoms with Crippen molar-refractivity contribution in [1.29, 1.82) is 0 Å². The second-order valence-corrected chi connectivity index (χ2v) is 4.33. The van der Waals surface area contributed by atoms with Crippen LogP contribution in [0.25, 0.3) is 0 Å². The van der Waals surface area contributed by atoms with Gasteiger partial charge in [-0.3, -0.25) is 4.57 Å². The van der Waals surface area contributed by atoms with E-state index in [9.17, 15) is 8.78 Å². The van der Waals surface area contributed by atoms with E-state index >= 15 is 0 Å². The van der Waals surface area contributed by atoms with Gasteiger partial charge in [-0.25, -0.2) is 4.98 Å².